The molecule has 18 heavy (non-hydrogen) atoms. The van der Waals surface area contributed by atoms with Crippen LogP contribution in [0.3, 0.4) is 0 Å². The van der Waals surface area contributed by atoms with Crippen molar-refractivity contribution in [3.63, 3.8) is 0 Å². The Morgan fingerprint density at radius 1 is 1.17 bits per heavy atom. The highest BCUT2D eigenvalue weighted by atomic mass is 14.9. The van der Waals surface area contributed by atoms with Crippen LogP contribution in [0.15, 0.2) is 55.0 Å². The molecule has 2 N–H and O–H groups in total. The van der Waals surface area contributed by atoms with Crippen molar-refractivity contribution in [2.24, 2.45) is 0 Å². The minimum atomic E-state index is 0.813. The lowest BCUT2D eigenvalue weighted by atomic mass is 10.2. The van der Waals surface area contributed by atoms with E-state index >= 15 is 0 Å². The number of nitrogens with zero attached hydrogens (tertiary/aromatic N) is 2. The third-order valence-electron chi connectivity index (χ3n) is 3.16. The Bertz CT molecular complexity index is 656. The first-order valence-electron chi connectivity index (χ1n) is 6.06. The van der Waals surface area contributed by atoms with Gasteiger partial charge in [-0.3, -0.25) is 4.98 Å². The SMILES string of the molecule is Nc1ccc2c(ccn2CCc2cccnc2)c1. The lowest BCUT2D eigenvalue weighted by molar-refractivity contribution is 0.721. The lowest BCUT2D eigenvalue weighted by Crippen LogP contribution is -2.00. The van der Waals surface area contributed by atoms with Gasteiger partial charge in [0, 0.05) is 41.7 Å². The molecule has 0 aliphatic heterocycles. The summed E-state index contributed by atoms with van der Waals surface area (Å²) in [6.07, 6.45) is 6.82. The first-order chi connectivity index (χ1) is 8.83. The number of anilines is 1. The second-order valence-corrected chi connectivity index (χ2v) is 4.44. The van der Waals surface area contributed by atoms with Gasteiger partial charge in [0.05, 0.1) is 0 Å². The molecule has 3 rings (SSSR count). The average molecular weight is 237 g/mol. The maximum atomic E-state index is 5.78. The van der Waals surface area contributed by atoms with Gasteiger partial charge in [-0.05, 0) is 42.3 Å². The zero-order valence-electron chi connectivity index (χ0n) is 10.1. The summed E-state index contributed by atoms with van der Waals surface area (Å²) in [4.78, 5) is 4.13. The highest BCUT2D eigenvalue weighted by Gasteiger charge is 2.01. The van der Waals surface area contributed by atoms with Crippen molar-refractivity contribution < 1.29 is 0 Å². The van der Waals surface area contributed by atoms with Crippen LogP contribution in [-0.4, -0.2) is 9.55 Å². The molecule has 0 aliphatic carbocycles. The first-order valence-corrected chi connectivity index (χ1v) is 6.06. The van der Waals surface area contributed by atoms with E-state index in [-0.39, 0.29) is 0 Å². The number of pyridine rings is 1. The van der Waals surface area contributed by atoms with Gasteiger partial charge in [-0.25, -0.2) is 0 Å². The van der Waals surface area contributed by atoms with E-state index < -0.39 is 0 Å². The van der Waals surface area contributed by atoms with Crippen molar-refractivity contribution in [3.05, 3.63) is 60.6 Å². The van der Waals surface area contributed by atoms with Crippen molar-refractivity contribution in [2.75, 3.05) is 5.73 Å². The van der Waals surface area contributed by atoms with Gasteiger partial charge in [-0.1, -0.05) is 6.07 Å². The molecule has 3 aromatic rings. The number of nitrogen functional groups attached to an aromatic ring is 1. The molecule has 0 radical (unpaired) electrons. The van der Waals surface area contributed by atoms with Crippen molar-refractivity contribution in [1.29, 1.82) is 0 Å². The summed E-state index contributed by atoms with van der Waals surface area (Å²) < 4.78 is 2.25. The van der Waals surface area contributed by atoms with Crippen LogP contribution in [0.25, 0.3) is 10.9 Å². The molecule has 0 atom stereocenters. The third kappa shape index (κ3) is 2.07. The Morgan fingerprint density at radius 3 is 2.94 bits per heavy atom. The largest absolute Gasteiger partial charge is 0.399 e. The number of rotatable bonds is 3. The maximum Gasteiger partial charge on any atom is 0.0481 e. The number of aryl methyl sites for hydroxylation is 2. The molecule has 3 nitrogen and oxygen atoms in total. The maximum absolute atomic E-state index is 5.78. The van der Waals surface area contributed by atoms with Gasteiger partial charge in [-0.15, -0.1) is 0 Å². The van der Waals surface area contributed by atoms with Gasteiger partial charge in [0.15, 0.2) is 0 Å². The van der Waals surface area contributed by atoms with Gasteiger partial charge in [-0.2, -0.15) is 0 Å². The molecular weight excluding hydrogens is 222 g/mol. The Morgan fingerprint density at radius 2 is 2.11 bits per heavy atom. The summed E-state index contributed by atoms with van der Waals surface area (Å²) in [7, 11) is 0. The Labute approximate surface area is 106 Å². The van der Waals surface area contributed by atoms with E-state index in [4.69, 9.17) is 5.73 Å². The monoisotopic (exact) mass is 237 g/mol. The fourth-order valence-corrected chi connectivity index (χ4v) is 2.21. The number of nitrogens with two attached hydrogens (primary N) is 1. The molecule has 0 saturated carbocycles. The Kier molecular flexibility index (Phi) is 2.73. The second kappa shape index (κ2) is 4.53. The van der Waals surface area contributed by atoms with Gasteiger partial charge in [0.1, 0.15) is 0 Å². The highest BCUT2D eigenvalue weighted by molar-refractivity contribution is 5.83. The number of hydrogen-bond acceptors (Lipinski definition) is 2. The van der Waals surface area contributed by atoms with Crippen LogP contribution >= 0.6 is 0 Å². The number of fused-ring (bicyclic) bond motifs is 1. The normalized spacial score (nSPS) is 10.9. The van der Waals surface area contributed by atoms with E-state index in [0.717, 1.165) is 18.7 Å². The van der Waals surface area contributed by atoms with Crippen LogP contribution in [-0.2, 0) is 13.0 Å². The molecule has 0 fully saturated rings. The summed E-state index contributed by atoms with van der Waals surface area (Å²) >= 11 is 0. The fourth-order valence-electron chi connectivity index (χ4n) is 2.21. The second-order valence-electron chi connectivity index (χ2n) is 4.44. The third-order valence-corrected chi connectivity index (χ3v) is 3.16. The zero-order chi connectivity index (χ0) is 12.4. The van der Waals surface area contributed by atoms with Crippen molar-refractivity contribution in [2.45, 2.75) is 13.0 Å². The van der Waals surface area contributed by atoms with Crippen LogP contribution in [0, 0.1) is 0 Å². The molecule has 3 heteroatoms. The smallest absolute Gasteiger partial charge is 0.0481 e. The Balaban J connectivity index is 1.83. The standard InChI is InChI=1S/C15H15N3/c16-14-3-4-15-13(10-14)6-9-18(15)8-5-12-2-1-7-17-11-12/h1-4,6-7,9-11H,5,8,16H2. The highest BCUT2D eigenvalue weighted by Crippen LogP contribution is 2.19. The average Bonchev–Trinajstić information content (AvgIpc) is 2.80. The molecule has 2 aromatic heterocycles. The minimum absolute atomic E-state index is 0.813. The molecule has 0 aliphatic rings. The minimum Gasteiger partial charge on any atom is -0.399 e. The van der Waals surface area contributed by atoms with Crippen LogP contribution < -0.4 is 5.73 Å². The van der Waals surface area contributed by atoms with E-state index in [9.17, 15) is 0 Å². The number of hydrogen-bond donors (Lipinski definition) is 1. The molecule has 90 valence electrons. The van der Waals surface area contributed by atoms with Crippen molar-refractivity contribution in [1.82, 2.24) is 9.55 Å². The summed E-state index contributed by atoms with van der Waals surface area (Å²) in [5, 5.41) is 1.20. The van der Waals surface area contributed by atoms with E-state index in [1.807, 2.05) is 24.4 Å². The van der Waals surface area contributed by atoms with E-state index in [0.29, 0.717) is 0 Å². The molecule has 0 spiro atoms. The van der Waals surface area contributed by atoms with Gasteiger partial charge in [0.25, 0.3) is 0 Å². The van der Waals surface area contributed by atoms with E-state index in [1.54, 1.807) is 6.20 Å². The zero-order valence-corrected chi connectivity index (χ0v) is 10.1. The quantitative estimate of drug-likeness (QED) is 0.712. The molecule has 0 bridgehead atoms. The molecule has 1 aromatic carbocycles. The van der Waals surface area contributed by atoms with Gasteiger partial charge < -0.3 is 10.3 Å². The van der Waals surface area contributed by atoms with E-state index in [2.05, 4.69) is 33.9 Å². The number of benzene rings is 1. The van der Waals surface area contributed by atoms with Gasteiger partial charge >= 0.3 is 0 Å². The predicted molar refractivity (Wildman–Crippen MR) is 74.3 cm³/mol. The van der Waals surface area contributed by atoms with Gasteiger partial charge in [0.2, 0.25) is 0 Å². The molecule has 0 amide bonds. The van der Waals surface area contributed by atoms with Crippen molar-refractivity contribution >= 4 is 16.6 Å². The first kappa shape index (κ1) is 10.8. The van der Waals surface area contributed by atoms with Crippen LogP contribution in [0.1, 0.15) is 5.56 Å². The summed E-state index contributed by atoms with van der Waals surface area (Å²) in [5.41, 5.74) is 9.08. The molecule has 2 heterocycles. The summed E-state index contributed by atoms with van der Waals surface area (Å²) in [6.45, 7) is 0.957. The lowest BCUT2D eigenvalue weighted by Gasteiger charge is -2.05. The van der Waals surface area contributed by atoms with Crippen LogP contribution in [0.4, 0.5) is 5.69 Å². The topological polar surface area (TPSA) is 43.8 Å². The van der Waals surface area contributed by atoms with Crippen LogP contribution in [0.2, 0.25) is 0 Å². The Hall–Kier alpha value is -2.29. The summed E-state index contributed by atoms with van der Waals surface area (Å²) in [6, 6.07) is 12.2. The predicted octanol–water partition coefficient (Wildman–Crippen LogP) is 2.86. The molecular formula is C15H15N3. The van der Waals surface area contributed by atoms with Crippen molar-refractivity contribution in [3.8, 4) is 0 Å². The molecule has 0 unspecified atom stereocenters. The van der Waals surface area contributed by atoms with Crippen LogP contribution in [0.5, 0.6) is 0 Å². The molecule has 0 saturated heterocycles. The fraction of sp³-hybridized carbons (Fsp3) is 0.133. The number of aromatic nitrogens is 2. The van der Waals surface area contributed by atoms with E-state index in [1.165, 1.54) is 16.5 Å². The summed E-state index contributed by atoms with van der Waals surface area (Å²) in [5.74, 6) is 0.